The van der Waals surface area contributed by atoms with Crippen molar-refractivity contribution in [3.8, 4) is 0 Å². The first-order valence-corrected chi connectivity index (χ1v) is 4.67. The van der Waals surface area contributed by atoms with E-state index < -0.39 is 0 Å². The second-order valence-corrected chi connectivity index (χ2v) is 3.59. The van der Waals surface area contributed by atoms with Gasteiger partial charge in [-0.2, -0.15) is 0 Å². The van der Waals surface area contributed by atoms with Gasteiger partial charge in [-0.15, -0.1) is 0 Å². The van der Waals surface area contributed by atoms with Crippen LogP contribution in [-0.2, 0) is 0 Å². The van der Waals surface area contributed by atoms with Crippen molar-refractivity contribution < 1.29 is 5.11 Å². The third-order valence-electron chi connectivity index (χ3n) is 2.72. The predicted molar refractivity (Wildman–Crippen MR) is 47.9 cm³/mol. The maximum Gasteiger partial charge on any atom is 0.0541 e. The van der Waals surface area contributed by atoms with Crippen molar-refractivity contribution in [3.05, 3.63) is 24.5 Å². The summed E-state index contributed by atoms with van der Waals surface area (Å²) in [5, 5.41) is 9.32. The van der Waals surface area contributed by atoms with Crippen LogP contribution in [0.3, 0.4) is 0 Å². The third kappa shape index (κ3) is 1.53. The first kappa shape index (κ1) is 7.87. The van der Waals surface area contributed by atoms with Crippen LogP contribution < -0.4 is 0 Å². The van der Waals surface area contributed by atoms with Crippen molar-refractivity contribution in [1.82, 2.24) is 4.57 Å². The van der Waals surface area contributed by atoms with Crippen LogP contribution in [0.2, 0.25) is 0 Å². The lowest BCUT2D eigenvalue weighted by atomic mass is 9.93. The highest BCUT2D eigenvalue weighted by atomic mass is 16.3. The standard InChI is InChI=1S/C10H15NO/c12-10-5-3-9(4-6-10)11-7-1-2-8-11/h1-2,7-10,12H,3-6H2. The molecule has 1 aliphatic carbocycles. The van der Waals surface area contributed by atoms with E-state index in [1.165, 1.54) is 0 Å². The smallest absolute Gasteiger partial charge is 0.0541 e. The van der Waals surface area contributed by atoms with Gasteiger partial charge in [-0.3, -0.25) is 0 Å². The van der Waals surface area contributed by atoms with Gasteiger partial charge in [0.1, 0.15) is 0 Å². The van der Waals surface area contributed by atoms with Gasteiger partial charge in [0.05, 0.1) is 6.10 Å². The molecule has 1 N–H and O–H groups in total. The number of rotatable bonds is 1. The highest BCUT2D eigenvalue weighted by molar-refractivity contribution is 4.94. The summed E-state index contributed by atoms with van der Waals surface area (Å²) in [5.41, 5.74) is 0. The molecular weight excluding hydrogens is 150 g/mol. The number of aromatic nitrogens is 1. The van der Waals surface area contributed by atoms with Crippen LogP contribution in [0.5, 0.6) is 0 Å². The summed E-state index contributed by atoms with van der Waals surface area (Å²) in [5.74, 6) is 0. The number of aliphatic hydroxyl groups excluding tert-OH is 1. The summed E-state index contributed by atoms with van der Waals surface area (Å²) >= 11 is 0. The SMILES string of the molecule is OC1CCC(n2cccc2)CC1. The zero-order chi connectivity index (χ0) is 8.39. The second kappa shape index (κ2) is 3.31. The lowest BCUT2D eigenvalue weighted by molar-refractivity contribution is 0.111. The molecule has 0 aromatic carbocycles. The fourth-order valence-electron chi connectivity index (χ4n) is 1.95. The van der Waals surface area contributed by atoms with Crippen molar-refractivity contribution in [1.29, 1.82) is 0 Å². The number of aliphatic hydroxyl groups is 1. The fraction of sp³-hybridized carbons (Fsp3) is 0.600. The Kier molecular flexibility index (Phi) is 2.17. The molecule has 1 fully saturated rings. The molecule has 0 bridgehead atoms. The number of hydrogen-bond acceptors (Lipinski definition) is 1. The molecule has 1 aromatic rings. The molecule has 0 atom stereocenters. The molecule has 2 rings (SSSR count). The minimum absolute atomic E-state index is 0.0446. The van der Waals surface area contributed by atoms with Crippen molar-refractivity contribution in [2.45, 2.75) is 37.8 Å². The van der Waals surface area contributed by atoms with E-state index in [1.54, 1.807) is 0 Å². The van der Waals surface area contributed by atoms with E-state index in [9.17, 15) is 5.11 Å². The summed E-state index contributed by atoms with van der Waals surface area (Å²) < 4.78 is 2.26. The van der Waals surface area contributed by atoms with Gasteiger partial charge in [-0.1, -0.05) is 0 Å². The monoisotopic (exact) mass is 165 g/mol. The zero-order valence-corrected chi connectivity index (χ0v) is 7.19. The van der Waals surface area contributed by atoms with Crippen molar-refractivity contribution in [3.63, 3.8) is 0 Å². The molecule has 0 radical (unpaired) electrons. The molecule has 1 heterocycles. The maximum atomic E-state index is 9.32. The first-order valence-electron chi connectivity index (χ1n) is 4.67. The first-order chi connectivity index (χ1) is 5.86. The molecule has 2 nitrogen and oxygen atoms in total. The van der Waals surface area contributed by atoms with E-state index in [2.05, 4.69) is 29.1 Å². The summed E-state index contributed by atoms with van der Waals surface area (Å²) in [6.07, 6.45) is 8.35. The molecule has 1 aliphatic rings. The molecule has 0 aliphatic heterocycles. The largest absolute Gasteiger partial charge is 0.393 e. The highest BCUT2D eigenvalue weighted by Crippen LogP contribution is 2.28. The van der Waals surface area contributed by atoms with Crippen LogP contribution in [0.1, 0.15) is 31.7 Å². The summed E-state index contributed by atoms with van der Waals surface area (Å²) in [7, 11) is 0. The Bertz CT molecular complexity index is 222. The van der Waals surface area contributed by atoms with Gasteiger partial charge in [0.25, 0.3) is 0 Å². The Balaban J connectivity index is 1.99. The molecule has 0 saturated heterocycles. The topological polar surface area (TPSA) is 25.2 Å². The van der Waals surface area contributed by atoms with Gasteiger partial charge >= 0.3 is 0 Å². The fourth-order valence-corrected chi connectivity index (χ4v) is 1.95. The Morgan fingerprint density at radius 3 is 2.17 bits per heavy atom. The lowest BCUT2D eigenvalue weighted by Crippen LogP contribution is -2.20. The molecule has 0 amide bonds. The maximum absolute atomic E-state index is 9.32. The quantitative estimate of drug-likeness (QED) is 0.676. The van der Waals surface area contributed by atoms with Crippen molar-refractivity contribution >= 4 is 0 Å². The molecular formula is C10H15NO. The number of hydrogen-bond donors (Lipinski definition) is 1. The summed E-state index contributed by atoms with van der Waals surface area (Å²) in [4.78, 5) is 0. The molecule has 2 heteroatoms. The summed E-state index contributed by atoms with van der Waals surface area (Å²) in [6.45, 7) is 0. The van der Waals surface area contributed by atoms with Gasteiger partial charge in [0, 0.05) is 18.4 Å². The van der Waals surface area contributed by atoms with Crippen LogP contribution in [-0.4, -0.2) is 15.8 Å². The van der Waals surface area contributed by atoms with Gasteiger partial charge in [-0.25, -0.2) is 0 Å². The minimum Gasteiger partial charge on any atom is -0.393 e. The van der Waals surface area contributed by atoms with Gasteiger partial charge in [0.2, 0.25) is 0 Å². The minimum atomic E-state index is -0.0446. The Hall–Kier alpha value is -0.760. The Morgan fingerprint density at radius 2 is 1.58 bits per heavy atom. The number of nitrogens with zero attached hydrogens (tertiary/aromatic N) is 1. The van der Waals surface area contributed by atoms with Crippen molar-refractivity contribution in [2.75, 3.05) is 0 Å². The van der Waals surface area contributed by atoms with E-state index >= 15 is 0 Å². The average molecular weight is 165 g/mol. The van der Waals surface area contributed by atoms with E-state index in [1.807, 2.05) is 0 Å². The van der Waals surface area contributed by atoms with Gasteiger partial charge in [0.15, 0.2) is 0 Å². The molecule has 12 heavy (non-hydrogen) atoms. The zero-order valence-electron chi connectivity index (χ0n) is 7.19. The highest BCUT2D eigenvalue weighted by Gasteiger charge is 2.19. The van der Waals surface area contributed by atoms with Gasteiger partial charge < -0.3 is 9.67 Å². The molecule has 0 unspecified atom stereocenters. The van der Waals surface area contributed by atoms with E-state index in [-0.39, 0.29) is 6.10 Å². The predicted octanol–water partition coefficient (Wildman–Crippen LogP) is 1.96. The lowest BCUT2D eigenvalue weighted by Gasteiger charge is -2.26. The van der Waals surface area contributed by atoms with Crippen LogP contribution in [0.15, 0.2) is 24.5 Å². The van der Waals surface area contributed by atoms with E-state index in [4.69, 9.17) is 0 Å². The second-order valence-electron chi connectivity index (χ2n) is 3.59. The third-order valence-corrected chi connectivity index (χ3v) is 2.72. The van der Waals surface area contributed by atoms with Crippen LogP contribution in [0, 0.1) is 0 Å². The Morgan fingerprint density at radius 1 is 1.00 bits per heavy atom. The summed E-state index contributed by atoms with van der Waals surface area (Å²) in [6, 6.07) is 4.75. The molecule has 0 spiro atoms. The van der Waals surface area contributed by atoms with Crippen LogP contribution >= 0.6 is 0 Å². The Labute approximate surface area is 72.8 Å². The van der Waals surface area contributed by atoms with Gasteiger partial charge in [-0.05, 0) is 37.8 Å². The van der Waals surface area contributed by atoms with Crippen LogP contribution in [0.4, 0.5) is 0 Å². The average Bonchev–Trinajstić information content (AvgIpc) is 2.58. The molecule has 66 valence electrons. The van der Waals surface area contributed by atoms with Crippen LogP contribution in [0.25, 0.3) is 0 Å². The normalized spacial score (nSPS) is 30.4. The molecule has 1 aromatic heterocycles. The molecule has 1 saturated carbocycles. The van der Waals surface area contributed by atoms with Crippen molar-refractivity contribution in [2.24, 2.45) is 0 Å². The van der Waals surface area contributed by atoms with E-state index in [0.717, 1.165) is 25.7 Å². The van der Waals surface area contributed by atoms with E-state index in [0.29, 0.717) is 6.04 Å².